The van der Waals surface area contributed by atoms with Crippen LogP contribution < -0.4 is 10.6 Å². The zero-order valence-electron chi connectivity index (χ0n) is 21.8. The Bertz CT molecular complexity index is 1240. The van der Waals surface area contributed by atoms with Gasteiger partial charge in [0, 0.05) is 21.7 Å². The van der Waals surface area contributed by atoms with E-state index in [1.807, 2.05) is 48.5 Å². The summed E-state index contributed by atoms with van der Waals surface area (Å²) in [5.41, 5.74) is 1.94. The third-order valence-corrected chi connectivity index (χ3v) is 9.20. The molecule has 5 rings (SSSR count). The molecule has 4 aromatic carbocycles. The third kappa shape index (κ3) is 5.40. The minimum absolute atomic E-state index is 0.501. The van der Waals surface area contributed by atoms with Crippen molar-refractivity contribution < 1.29 is 9.31 Å². The van der Waals surface area contributed by atoms with E-state index in [1.54, 1.807) is 0 Å². The Kier molecular flexibility index (Phi) is 7.30. The van der Waals surface area contributed by atoms with Gasteiger partial charge in [-0.3, -0.25) is 4.69 Å². The summed E-state index contributed by atoms with van der Waals surface area (Å²) in [5, 5.41) is 7.75. The Hall–Kier alpha value is -3.24. The van der Waals surface area contributed by atoms with Crippen LogP contribution in [0.5, 0.6) is 0 Å². The van der Waals surface area contributed by atoms with Crippen LogP contribution in [0.2, 0.25) is 0 Å². The second-order valence-electron chi connectivity index (χ2n) is 10.0. The first-order valence-corrected chi connectivity index (χ1v) is 13.9. The van der Waals surface area contributed by atoms with E-state index in [0.717, 1.165) is 16.8 Å². The summed E-state index contributed by atoms with van der Waals surface area (Å²) < 4.78 is 15.3. The normalized spacial score (nSPS) is 16.0. The van der Waals surface area contributed by atoms with E-state index in [4.69, 9.17) is 14.4 Å². The minimum atomic E-state index is -1.13. The Balaban J connectivity index is 1.74. The van der Waals surface area contributed by atoms with E-state index in [2.05, 4.69) is 105 Å². The van der Waals surface area contributed by atoms with Crippen molar-refractivity contribution in [2.24, 2.45) is 5.10 Å². The zero-order chi connectivity index (χ0) is 25.9. The average molecular weight is 506 g/mol. The van der Waals surface area contributed by atoms with Crippen molar-refractivity contribution >= 4 is 31.6 Å². The van der Waals surface area contributed by atoms with E-state index >= 15 is 0 Å². The first kappa shape index (κ1) is 25.4. The third-order valence-electron chi connectivity index (χ3n) is 6.93. The fraction of sp³-hybridized carbons (Fsp3) is 0.194. The molecule has 0 radical (unpaired) electrons. The molecule has 4 aromatic rings. The van der Waals surface area contributed by atoms with Gasteiger partial charge >= 0.3 is 7.25 Å². The SMILES string of the molecule is CC1(C)OB(N(N=C(c2ccccc2)c2ccccc2)P(c2ccccc2)c2ccccc2)OC1(C)C. The van der Waals surface area contributed by atoms with E-state index in [9.17, 15) is 0 Å². The monoisotopic (exact) mass is 506 g/mol. The first-order valence-electron chi connectivity index (χ1n) is 12.6. The fourth-order valence-corrected chi connectivity index (χ4v) is 6.34. The molecular formula is C31H32BN2O2P. The summed E-state index contributed by atoms with van der Waals surface area (Å²) in [5.74, 6) is 0. The predicted octanol–water partition coefficient (Wildman–Crippen LogP) is 6.38. The maximum atomic E-state index is 6.64. The predicted molar refractivity (Wildman–Crippen MR) is 156 cm³/mol. The second-order valence-corrected chi connectivity index (χ2v) is 12.1. The van der Waals surface area contributed by atoms with Crippen molar-refractivity contribution in [2.45, 2.75) is 38.9 Å². The van der Waals surface area contributed by atoms with Crippen LogP contribution in [0.25, 0.3) is 0 Å². The van der Waals surface area contributed by atoms with Gasteiger partial charge in [-0.2, -0.15) is 5.10 Å². The maximum Gasteiger partial charge on any atom is 0.615 e. The molecule has 0 saturated carbocycles. The molecule has 0 atom stereocenters. The van der Waals surface area contributed by atoms with Crippen molar-refractivity contribution in [1.82, 2.24) is 4.69 Å². The van der Waals surface area contributed by atoms with E-state index in [1.165, 1.54) is 10.6 Å². The van der Waals surface area contributed by atoms with E-state index in [-0.39, 0.29) is 0 Å². The molecule has 0 spiro atoms. The largest absolute Gasteiger partial charge is 0.615 e. The molecule has 1 saturated heterocycles. The molecule has 0 aromatic heterocycles. The van der Waals surface area contributed by atoms with Gasteiger partial charge in [-0.05, 0) is 27.7 Å². The van der Waals surface area contributed by atoms with E-state index in [0.29, 0.717) is 0 Å². The molecule has 0 bridgehead atoms. The van der Waals surface area contributed by atoms with Gasteiger partial charge in [0.2, 0.25) is 0 Å². The molecule has 1 fully saturated rings. The zero-order valence-corrected chi connectivity index (χ0v) is 22.7. The van der Waals surface area contributed by atoms with Crippen molar-refractivity contribution in [3.8, 4) is 0 Å². The first-order chi connectivity index (χ1) is 17.9. The Morgan fingerprint density at radius 1 is 0.595 bits per heavy atom. The highest BCUT2D eigenvalue weighted by Crippen LogP contribution is 2.46. The summed E-state index contributed by atoms with van der Waals surface area (Å²) in [6, 6.07) is 41.7. The molecule has 1 aliphatic rings. The quantitative estimate of drug-likeness (QED) is 0.126. The highest BCUT2D eigenvalue weighted by molar-refractivity contribution is 7.72. The van der Waals surface area contributed by atoms with Gasteiger partial charge in [0.25, 0.3) is 0 Å². The molecule has 4 nitrogen and oxygen atoms in total. The lowest BCUT2D eigenvalue weighted by molar-refractivity contribution is 0.00578. The van der Waals surface area contributed by atoms with Crippen LogP contribution in [0.15, 0.2) is 126 Å². The molecule has 6 heteroatoms. The lowest BCUT2D eigenvalue weighted by Gasteiger charge is -2.32. The average Bonchev–Trinajstić information content (AvgIpc) is 3.14. The number of rotatable bonds is 7. The second kappa shape index (κ2) is 10.6. The van der Waals surface area contributed by atoms with Gasteiger partial charge in [0.1, 0.15) is 0 Å². The summed E-state index contributed by atoms with van der Waals surface area (Å²) in [7, 11) is -1.79. The Morgan fingerprint density at radius 2 is 0.946 bits per heavy atom. The number of benzene rings is 4. The van der Waals surface area contributed by atoms with Gasteiger partial charge in [-0.25, -0.2) is 0 Å². The van der Waals surface area contributed by atoms with Crippen molar-refractivity contribution in [3.05, 3.63) is 132 Å². The summed E-state index contributed by atoms with van der Waals surface area (Å²) in [4.78, 5) is 0. The molecule has 0 N–H and O–H groups in total. The van der Waals surface area contributed by atoms with Crippen LogP contribution in [0, 0.1) is 0 Å². The lowest BCUT2D eigenvalue weighted by atomic mass is 9.90. The molecule has 0 unspecified atom stereocenters. The molecular weight excluding hydrogens is 474 g/mol. The summed E-state index contributed by atoms with van der Waals surface area (Å²) in [6.45, 7) is 8.32. The molecule has 1 heterocycles. The van der Waals surface area contributed by atoms with Crippen LogP contribution in [-0.4, -0.2) is 28.9 Å². The molecule has 0 amide bonds. The van der Waals surface area contributed by atoms with Crippen LogP contribution in [0.1, 0.15) is 38.8 Å². The molecule has 186 valence electrons. The highest BCUT2D eigenvalue weighted by Gasteiger charge is 2.56. The van der Waals surface area contributed by atoms with Crippen LogP contribution in [-0.2, 0) is 9.31 Å². The molecule has 0 aliphatic carbocycles. The van der Waals surface area contributed by atoms with Gasteiger partial charge in [0.05, 0.1) is 25.0 Å². The van der Waals surface area contributed by atoms with Crippen LogP contribution in [0.3, 0.4) is 0 Å². The number of hydrazone groups is 1. The fourth-order valence-electron chi connectivity index (χ4n) is 4.19. The summed E-state index contributed by atoms with van der Waals surface area (Å²) >= 11 is 0. The number of hydrogen-bond acceptors (Lipinski definition) is 4. The van der Waals surface area contributed by atoms with Gasteiger partial charge in [-0.15, -0.1) is 0 Å². The topological polar surface area (TPSA) is 34.1 Å². The van der Waals surface area contributed by atoms with Crippen molar-refractivity contribution in [2.75, 3.05) is 0 Å². The standard InChI is InChI=1S/C31H32BN2O2P/c1-30(2)31(3,4)36-32(35-30)34(37(27-21-13-7-14-22-27)28-23-15-8-16-24-28)33-29(25-17-9-5-10-18-25)26-19-11-6-12-20-26/h5-24H,1-4H3. The minimum Gasteiger partial charge on any atom is -0.383 e. The van der Waals surface area contributed by atoms with Gasteiger partial charge < -0.3 is 9.31 Å². The lowest BCUT2D eigenvalue weighted by Crippen LogP contribution is -2.41. The Morgan fingerprint density at radius 3 is 1.32 bits per heavy atom. The highest BCUT2D eigenvalue weighted by atomic mass is 31.1. The van der Waals surface area contributed by atoms with Gasteiger partial charge in [0.15, 0.2) is 0 Å². The number of nitrogens with zero attached hydrogens (tertiary/aromatic N) is 2. The summed E-state index contributed by atoms with van der Waals surface area (Å²) in [6.07, 6.45) is 0. The van der Waals surface area contributed by atoms with Crippen molar-refractivity contribution in [1.29, 1.82) is 0 Å². The van der Waals surface area contributed by atoms with Crippen molar-refractivity contribution in [3.63, 3.8) is 0 Å². The molecule has 1 aliphatic heterocycles. The van der Waals surface area contributed by atoms with E-state index < -0.39 is 26.5 Å². The Labute approximate surface area is 221 Å². The maximum absolute atomic E-state index is 6.64. The van der Waals surface area contributed by atoms with Crippen LogP contribution >= 0.6 is 8.07 Å². The number of hydrogen-bond donors (Lipinski definition) is 0. The molecule has 37 heavy (non-hydrogen) atoms. The van der Waals surface area contributed by atoms with Crippen LogP contribution in [0.4, 0.5) is 0 Å². The smallest absolute Gasteiger partial charge is 0.383 e. The van der Waals surface area contributed by atoms with Gasteiger partial charge in [-0.1, -0.05) is 121 Å².